The SMILES string of the molecule is Cc1cccc(OCCCC(=O)N2CCOc3c(-c4cnn(Cc5cccc(C(=O)NCCC(=O)O)c5Cl)c4)cccc32)c1C. The lowest BCUT2D eigenvalue weighted by Crippen LogP contribution is -2.38. The first kappa shape index (κ1) is 31.6. The van der Waals surface area contributed by atoms with Gasteiger partial charge in [-0.15, -0.1) is 0 Å². The van der Waals surface area contributed by atoms with E-state index in [1.165, 1.54) is 5.56 Å². The van der Waals surface area contributed by atoms with Gasteiger partial charge in [0.1, 0.15) is 12.4 Å². The Morgan fingerprint density at radius 1 is 1.07 bits per heavy atom. The lowest BCUT2D eigenvalue weighted by Gasteiger charge is -2.31. The highest BCUT2D eigenvalue weighted by atomic mass is 35.5. The van der Waals surface area contributed by atoms with Crippen molar-refractivity contribution in [2.75, 3.05) is 31.2 Å². The first-order valence-corrected chi connectivity index (χ1v) is 15.2. The maximum atomic E-state index is 13.3. The number of halogens is 1. The van der Waals surface area contributed by atoms with Gasteiger partial charge < -0.3 is 24.8 Å². The Balaban J connectivity index is 1.25. The molecular formula is C34H35ClN4O6. The van der Waals surface area contributed by atoms with Gasteiger partial charge in [-0.1, -0.05) is 48.0 Å². The van der Waals surface area contributed by atoms with Crippen molar-refractivity contribution in [2.24, 2.45) is 0 Å². The molecule has 0 fully saturated rings. The summed E-state index contributed by atoms with van der Waals surface area (Å²) in [6, 6.07) is 16.8. The average molecular weight is 631 g/mol. The first-order chi connectivity index (χ1) is 21.7. The number of carboxylic acid groups (broad SMARTS) is 1. The number of anilines is 1. The van der Waals surface area contributed by atoms with Crippen LogP contribution in [0.15, 0.2) is 67.0 Å². The Morgan fingerprint density at radius 2 is 1.87 bits per heavy atom. The van der Waals surface area contributed by atoms with E-state index in [9.17, 15) is 14.4 Å². The Labute approximate surface area is 266 Å². The van der Waals surface area contributed by atoms with Gasteiger partial charge in [-0.3, -0.25) is 19.1 Å². The number of aryl methyl sites for hydroxylation is 1. The molecule has 0 unspecified atom stereocenters. The molecule has 234 valence electrons. The van der Waals surface area contributed by atoms with Gasteiger partial charge in [0, 0.05) is 30.3 Å². The Morgan fingerprint density at radius 3 is 2.69 bits per heavy atom. The third-order valence-electron chi connectivity index (χ3n) is 7.72. The fourth-order valence-electron chi connectivity index (χ4n) is 5.18. The van der Waals surface area contributed by atoms with E-state index in [2.05, 4.69) is 10.4 Å². The standard InChI is InChI=1S/C34H35ClN4O6/c1-22-7-3-12-29(23(22)2)44-17-6-13-30(40)39-16-18-45-33-26(9-5-11-28(33)39)25-19-37-38(21-25)20-24-8-4-10-27(32(24)35)34(43)36-15-14-31(41)42/h3-5,7-12,19,21H,6,13-18,20H2,1-2H3,(H,36,43)(H,41,42). The van der Waals surface area contributed by atoms with Gasteiger partial charge in [0.05, 0.1) is 48.6 Å². The molecular weight excluding hydrogens is 596 g/mol. The molecule has 5 rings (SSSR count). The molecule has 3 aromatic carbocycles. The van der Waals surface area contributed by atoms with Crippen LogP contribution in [0.2, 0.25) is 5.02 Å². The largest absolute Gasteiger partial charge is 0.493 e. The Kier molecular flexibility index (Phi) is 10.0. The zero-order valence-corrected chi connectivity index (χ0v) is 26.0. The lowest BCUT2D eigenvalue weighted by molar-refractivity contribution is -0.136. The van der Waals surface area contributed by atoms with E-state index in [1.54, 1.807) is 27.9 Å². The normalized spacial score (nSPS) is 12.3. The van der Waals surface area contributed by atoms with Crippen LogP contribution >= 0.6 is 11.6 Å². The van der Waals surface area contributed by atoms with Crippen LogP contribution in [0.4, 0.5) is 5.69 Å². The summed E-state index contributed by atoms with van der Waals surface area (Å²) >= 11 is 6.57. The number of carboxylic acids is 1. The Hall–Kier alpha value is -4.83. The number of carbonyl (C=O) groups is 3. The van der Waals surface area contributed by atoms with Crippen molar-refractivity contribution in [3.05, 3.63) is 94.3 Å². The van der Waals surface area contributed by atoms with Gasteiger partial charge in [0.25, 0.3) is 5.91 Å². The van der Waals surface area contributed by atoms with Crippen molar-refractivity contribution in [3.63, 3.8) is 0 Å². The molecule has 10 nitrogen and oxygen atoms in total. The van der Waals surface area contributed by atoms with Crippen LogP contribution < -0.4 is 19.7 Å². The molecule has 0 spiro atoms. The number of nitrogens with zero attached hydrogens (tertiary/aromatic N) is 3. The molecule has 2 heterocycles. The van der Waals surface area contributed by atoms with Crippen molar-refractivity contribution in [1.82, 2.24) is 15.1 Å². The summed E-state index contributed by atoms with van der Waals surface area (Å²) in [5.41, 5.74) is 5.56. The molecule has 1 aromatic heterocycles. The number of ether oxygens (including phenoxy) is 2. The summed E-state index contributed by atoms with van der Waals surface area (Å²) in [4.78, 5) is 38.4. The van der Waals surface area contributed by atoms with Crippen LogP contribution in [-0.2, 0) is 16.1 Å². The zero-order valence-electron chi connectivity index (χ0n) is 25.2. The van der Waals surface area contributed by atoms with Crippen molar-refractivity contribution in [3.8, 4) is 22.6 Å². The smallest absolute Gasteiger partial charge is 0.305 e. The Bertz CT molecular complexity index is 1720. The fourth-order valence-corrected chi connectivity index (χ4v) is 5.45. The van der Waals surface area contributed by atoms with Crippen molar-refractivity contribution in [2.45, 2.75) is 39.7 Å². The van der Waals surface area contributed by atoms with E-state index in [-0.39, 0.29) is 29.5 Å². The first-order valence-electron chi connectivity index (χ1n) is 14.8. The highest BCUT2D eigenvalue weighted by Crippen LogP contribution is 2.41. The van der Waals surface area contributed by atoms with Crippen LogP contribution in [0.5, 0.6) is 11.5 Å². The highest BCUT2D eigenvalue weighted by Gasteiger charge is 2.26. The van der Waals surface area contributed by atoms with E-state index < -0.39 is 11.9 Å². The summed E-state index contributed by atoms with van der Waals surface area (Å²) in [6.07, 6.45) is 4.35. The van der Waals surface area contributed by atoms with Crippen LogP contribution in [-0.4, -0.2) is 59.0 Å². The number of aromatic nitrogens is 2. The second kappa shape index (κ2) is 14.3. The molecule has 4 aromatic rings. The molecule has 0 saturated carbocycles. The lowest BCUT2D eigenvalue weighted by atomic mass is 10.1. The molecule has 0 bridgehead atoms. The number of hydrogen-bond donors (Lipinski definition) is 2. The number of aliphatic carboxylic acids is 1. The van der Waals surface area contributed by atoms with Crippen LogP contribution in [0, 0.1) is 13.8 Å². The molecule has 1 aliphatic rings. The number of para-hydroxylation sites is 1. The van der Waals surface area contributed by atoms with E-state index in [4.69, 9.17) is 26.2 Å². The predicted octanol–water partition coefficient (Wildman–Crippen LogP) is 5.66. The number of amides is 2. The summed E-state index contributed by atoms with van der Waals surface area (Å²) in [6.45, 7) is 5.68. The van der Waals surface area contributed by atoms with Gasteiger partial charge in [0.2, 0.25) is 5.91 Å². The van der Waals surface area contributed by atoms with Gasteiger partial charge in [-0.25, -0.2) is 0 Å². The van der Waals surface area contributed by atoms with E-state index >= 15 is 0 Å². The number of nitrogens with one attached hydrogen (secondary N) is 1. The van der Waals surface area contributed by atoms with Crippen LogP contribution in [0.1, 0.15) is 46.3 Å². The minimum Gasteiger partial charge on any atom is -0.493 e. The third-order valence-corrected chi connectivity index (χ3v) is 8.17. The van der Waals surface area contributed by atoms with Crippen LogP contribution in [0.3, 0.4) is 0 Å². The van der Waals surface area contributed by atoms with Gasteiger partial charge >= 0.3 is 5.97 Å². The quantitative estimate of drug-likeness (QED) is 0.194. The third kappa shape index (κ3) is 7.46. The molecule has 1 aliphatic heterocycles. The molecule has 0 saturated heterocycles. The molecule has 45 heavy (non-hydrogen) atoms. The molecule has 2 amide bonds. The van der Waals surface area contributed by atoms with E-state index in [0.717, 1.165) is 28.1 Å². The maximum Gasteiger partial charge on any atom is 0.305 e. The molecule has 0 radical (unpaired) electrons. The average Bonchev–Trinajstić information content (AvgIpc) is 3.49. The minimum atomic E-state index is -0.997. The van der Waals surface area contributed by atoms with Crippen LogP contribution in [0.25, 0.3) is 11.1 Å². The van der Waals surface area contributed by atoms with Gasteiger partial charge in [-0.2, -0.15) is 5.10 Å². The van der Waals surface area contributed by atoms with Gasteiger partial charge in [0.15, 0.2) is 5.75 Å². The second-order valence-corrected chi connectivity index (χ2v) is 11.2. The monoisotopic (exact) mass is 630 g/mol. The topological polar surface area (TPSA) is 123 Å². The summed E-state index contributed by atoms with van der Waals surface area (Å²) in [5.74, 6) is 0.0479. The number of rotatable bonds is 12. The molecule has 0 atom stereocenters. The predicted molar refractivity (Wildman–Crippen MR) is 171 cm³/mol. The molecule has 0 aliphatic carbocycles. The fraction of sp³-hybridized carbons (Fsp3) is 0.294. The molecule has 11 heteroatoms. The highest BCUT2D eigenvalue weighted by molar-refractivity contribution is 6.34. The maximum absolute atomic E-state index is 13.3. The summed E-state index contributed by atoms with van der Waals surface area (Å²) in [5, 5.41) is 16.2. The number of hydrogen-bond acceptors (Lipinski definition) is 6. The minimum absolute atomic E-state index is 0.00582. The van der Waals surface area contributed by atoms with Crippen molar-refractivity contribution in [1.29, 1.82) is 0 Å². The second-order valence-electron chi connectivity index (χ2n) is 10.8. The summed E-state index contributed by atoms with van der Waals surface area (Å²) in [7, 11) is 0. The molecule has 2 N–H and O–H groups in total. The van der Waals surface area contributed by atoms with E-state index in [1.807, 2.05) is 62.5 Å². The van der Waals surface area contributed by atoms with E-state index in [0.29, 0.717) is 50.5 Å². The number of fused-ring (bicyclic) bond motifs is 1. The van der Waals surface area contributed by atoms with Crippen molar-refractivity contribution < 1.29 is 29.0 Å². The van der Waals surface area contributed by atoms with Gasteiger partial charge in [-0.05, 0) is 55.2 Å². The summed E-state index contributed by atoms with van der Waals surface area (Å²) < 4.78 is 13.7. The number of carbonyl (C=O) groups excluding carboxylic acids is 2. The van der Waals surface area contributed by atoms with Crippen molar-refractivity contribution >= 4 is 35.1 Å². The number of benzene rings is 3. The zero-order chi connectivity index (χ0) is 31.9.